The number of anilines is 1. The molecule has 16 heavy (non-hydrogen) atoms. The average molecular weight is 224 g/mol. The second-order valence-electron chi connectivity index (χ2n) is 3.28. The summed E-state index contributed by atoms with van der Waals surface area (Å²) < 4.78 is 9.76. The first kappa shape index (κ1) is 12.3. The highest BCUT2D eigenvalue weighted by atomic mass is 16.5. The molecule has 0 aliphatic heterocycles. The molecular formula is C11H16N2O3. The number of aromatic nitrogens is 1. The zero-order valence-electron chi connectivity index (χ0n) is 9.77. The van der Waals surface area contributed by atoms with E-state index in [0.29, 0.717) is 24.5 Å². The molecule has 1 rings (SSSR count). The molecule has 0 aliphatic rings. The number of rotatable bonds is 5. The van der Waals surface area contributed by atoms with Crippen LogP contribution in [0.3, 0.4) is 0 Å². The summed E-state index contributed by atoms with van der Waals surface area (Å²) in [6, 6.07) is 3.63. The number of carbonyl (C=O) groups is 1. The van der Waals surface area contributed by atoms with Gasteiger partial charge in [-0.25, -0.2) is 4.98 Å². The van der Waals surface area contributed by atoms with Gasteiger partial charge in [-0.05, 0) is 12.1 Å². The normalized spacial score (nSPS) is 9.69. The van der Waals surface area contributed by atoms with Crippen molar-refractivity contribution in [3.05, 3.63) is 18.3 Å². The van der Waals surface area contributed by atoms with E-state index in [4.69, 9.17) is 4.74 Å². The van der Waals surface area contributed by atoms with Crippen LogP contribution in [0.5, 0.6) is 5.75 Å². The van der Waals surface area contributed by atoms with Crippen LogP contribution >= 0.6 is 0 Å². The number of methoxy groups -OCH3 is 2. The molecule has 0 bridgehead atoms. The van der Waals surface area contributed by atoms with E-state index in [0.717, 1.165) is 0 Å². The second kappa shape index (κ2) is 5.95. The fourth-order valence-electron chi connectivity index (χ4n) is 1.30. The van der Waals surface area contributed by atoms with Crippen molar-refractivity contribution in [1.29, 1.82) is 0 Å². The Labute approximate surface area is 95.0 Å². The van der Waals surface area contributed by atoms with Crippen LogP contribution in [0.25, 0.3) is 0 Å². The molecule has 0 N–H and O–H groups in total. The van der Waals surface area contributed by atoms with Crippen molar-refractivity contribution in [3.63, 3.8) is 0 Å². The van der Waals surface area contributed by atoms with Gasteiger partial charge in [-0.3, -0.25) is 4.79 Å². The zero-order chi connectivity index (χ0) is 12.0. The van der Waals surface area contributed by atoms with Gasteiger partial charge >= 0.3 is 5.97 Å². The summed E-state index contributed by atoms with van der Waals surface area (Å²) in [5.74, 6) is 1.17. The number of hydrogen-bond donors (Lipinski definition) is 0. The quantitative estimate of drug-likeness (QED) is 0.701. The van der Waals surface area contributed by atoms with Crippen molar-refractivity contribution >= 4 is 11.8 Å². The van der Waals surface area contributed by atoms with Gasteiger partial charge in [0.25, 0.3) is 0 Å². The maximum atomic E-state index is 11.0. The molecule has 1 aromatic heterocycles. The first-order chi connectivity index (χ1) is 7.69. The van der Waals surface area contributed by atoms with Gasteiger partial charge in [0.2, 0.25) is 0 Å². The number of nitrogens with zero attached hydrogens (tertiary/aromatic N) is 2. The van der Waals surface area contributed by atoms with Crippen molar-refractivity contribution in [1.82, 2.24) is 4.98 Å². The monoisotopic (exact) mass is 224 g/mol. The SMILES string of the molecule is COC(=O)CCN(C)c1ncccc1OC. The van der Waals surface area contributed by atoms with Crippen molar-refractivity contribution in [3.8, 4) is 5.75 Å². The van der Waals surface area contributed by atoms with E-state index in [1.165, 1.54) is 7.11 Å². The van der Waals surface area contributed by atoms with Crippen LogP contribution in [0.1, 0.15) is 6.42 Å². The lowest BCUT2D eigenvalue weighted by Gasteiger charge is -2.19. The van der Waals surface area contributed by atoms with Gasteiger partial charge < -0.3 is 14.4 Å². The summed E-state index contributed by atoms with van der Waals surface area (Å²) in [7, 11) is 4.83. The van der Waals surface area contributed by atoms with E-state index >= 15 is 0 Å². The topological polar surface area (TPSA) is 51.7 Å². The molecule has 0 unspecified atom stereocenters. The van der Waals surface area contributed by atoms with Crippen LogP contribution in [-0.2, 0) is 9.53 Å². The summed E-state index contributed by atoms with van der Waals surface area (Å²) >= 11 is 0. The first-order valence-electron chi connectivity index (χ1n) is 4.96. The maximum absolute atomic E-state index is 11.0. The van der Waals surface area contributed by atoms with Gasteiger partial charge in [0.1, 0.15) is 0 Å². The average Bonchev–Trinajstić information content (AvgIpc) is 2.35. The molecule has 5 heteroatoms. The third-order valence-corrected chi connectivity index (χ3v) is 2.21. The van der Waals surface area contributed by atoms with Crippen molar-refractivity contribution < 1.29 is 14.3 Å². The molecule has 0 saturated heterocycles. The molecule has 0 saturated carbocycles. The Bertz CT molecular complexity index is 355. The minimum atomic E-state index is -0.234. The predicted octanol–water partition coefficient (Wildman–Crippen LogP) is 1.09. The summed E-state index contributed by atoms with van der Waals surface area (Å²) in [5.41, 5.74) is 0. The van der Waals surface area contributed by atoms with E-state index in [9.17, 15) is 4.79 Å². The molecule has 0 aromatic carbocycles. The largest absolute Gasteiger partial charge is 0.493 e. The number of ether oxygens (including phenoxy) is 2. The number of hydrogen-bond acceptors (Lipinski definition) is 5. The Hall–Kier alpha value is -1.78. The van der Waals surface area contributed by atoms with E-state index in [1.54, 1.807) is 19.4 Å². The predicted molar refractivity (Wildman–Crippen MR) is 60.7 cm³/mol. The van der Waals surface area contributed by atoms with Crippen LogP contribution in [0.4, 0.5) is 5.82 Å². The molecule has 1 heterocycles. The molecule has 0 radical (unpaired) electrons. The van der Waals surface area contributed by atoms with E-state index in [2.05, 4.69) is 9.72 Å². The Morgan fingerprint density at radius 2 is 2.25 bits per heavy atom. The summed E-state index contributed by atoms with van der Waals surface area (Å²) in [6.45, 7) is 0.542. The third kappa shape index (κ3) is 3.12. The van der Waals surface area contributed by atoms with Crippen LogP contribution in [0, 0.1) is 0 Å². The lowest BCUT2D eigenvalue weighted by Crippen LogP contribution is -2.23. The van der Waals surface area contributed by atoms with Gasteiger partial charge in [0, 0.05) is 19.8 Å². The lowest BCUT2D eigenvalue weighted by molar-refractivity contribution is -0.140. The fourth-order valence-corrected chi connectivity index (χ4v) is 1.30. The van der Waals surface area contributed by atoms with Crippen LogP contribution in [0.2, 0.25) is 0 Å². The number of esters is 1. The van der Waals surface area contributed by atoms with Gasteiger partial charge in [-0.15, -0.1) is 0 Å². The van der Waals surface area contributed by atoms with Gasteiger partial charge in [-0.1, -0.05) is 0 Å². The van der Waals surface area contributed by atoms with Gasteiger partial charge in [0.15, 0.2) is 11.6 Å². The standard InChI is InChI=1S/C11H16N2O3/c1-13(8-6-10(14)16-3)11-9(15-2)5-4-7-12-11/h4-5,7H,6,8H2,1-3H3. The molecule has 1 aromatic rings. The van der Waals surface area contributed by atoms with Crippen LogP contribution < -0.4 is 9.64 Å². The minimum absolute atomic E-state index is 0.234. The fraction of sp³-hybridized carbons (Fsp3) is 0.455. The maximum Gasteiger partial charge on any atom is 0.307 e. The Kier molecular flexibility index (Phi) is 4.57. The van der Waals surface area contributed by atoms with Crippen LogP contribution in [0.15, 0.2) is 18.3 Å². The minimum Gasteiger partial charge on any atom is -0.493 e. The van der Waals surface area contributed by atoms with Crippen molar-refractivity contribution in [2.45, 2.75) is 6.42 Å². The van der Waals surface area contributed by atoms with Gasteiger partial charge in [0.05, 0.1) is 20.6 Å². The second-order valence-corrected chi connectivity index (χ2v) is 3.28. The molecule has 5 nitrogen and oxygen atoms in total. The van der Waals surface area contributed by atoms with Crippen molar-refractivity contribution in [2.24, 2.45) is 0 Å². The molecule has 0 spiro atoms. The molecule has 88 valence electrons. The highest BCUT2D eigenvalue weighted by Gasteiger charge is 2.10. The number of pyridine rings is 1. The smallest absolute Gasteiger partial charge is 0.307 e. The summed E-state index contributed by atoms with van der Waals surface area (Å²) in [4.78, 5) is 17.1. The third-order valence-electron chi connectivity index (χ3n) is 2.21. The molecular weight excluding hydrogens is 208 g/mol. The Morgan fingerprint density at radius 3 is 2.88 bits per heavy atom. The molecule has 0 aliphatic carbocycles. The Balaban J connectivity index is 2.65. The molecule has 0 amide bonds. The molecule has 0 fully saturated rings. The summed E-state index contributed by atoms with van der Waals surface area (Å²) in [5, 5.41) is 0. The van der Waals surface area contributed by atoms with E-state index < -0.39 is 0 Å². The first-order valence-corrected chi connectivity index (χ1v) is 4.96. The molecule has 0 atom stereocenters. The zero-order valence-corrected chi connectivity index (χ0v) is 9.77. The Morgan fingerprint density at radius 1 is 1.50 bits per heavy atom. The highest BCUT2D eigenvalue weighted by molar-refractivity contribution is 5.70. The van der Waals surface area contributed by atoms with Gasteiger partial charge in [-0.2, -0.15) is 0 Å². The lowest BCUT2D eigenvalue weighted by atomic mass is 10.3. The van der Waals surface area contributed by atoms with Crippen molar-refractivity contribution in [2.75, 3.05) is 32.7 Å². The van der Waals surface area contributed by atoms with E-state index in [1.807, 2.05) is 18.0 Å². The van der Waals surface area contributed by atoms with E-state index in [-0.39, 0.29) is 5.97 Å². The highest BCUT2D eigenvalue weighted by Crippen LogP contribution is 2.23. The number of carbonyl (C=O) groups excluding carboxylic acids is 1. The van der Waals surface area contributed by atoms with Crippen LogP contribution in [-0.4, -0.2) is 38.8 Å². The summed E-state index contributed by atoms with van der Waals surface area (Å²) in [6.07, 6.45) is 2.01.